The number of nitrogens with zero attached hydrogens (tertiary/aromatic N) is 1. The quantitative estimate of drug-likeness (QED) is 0.898. The fraction of sp³-hybridized carbons (Fsp3) is 0.500. The first-order valence-corrected chi connectivity index (χ1v) is 6.67. The molecule has 1 aromatic rings. The maximum absolute atomic E-state index is 12.8. The summed E-state index contributed by atoms with van der Waals surface area (Å²) < 4.78 is 38.3. The van der Waals surface area contributed by atoms with Crippen LogP contribution in [0, 0.1) is 0 Å². The van der Waals surface area contributed by atoms with Gasteiger partial charge in [0.2, 0.25) is 0 Å². The fourth-order valence-electron chi connectivity index (χ4n) is 2.58. The number of benzene rings is 1. The molecule has 1 fully saturated rings. The molecule has 1 heterocycles. The number of piperazine rings is 1. The molecular weight excluding hydrogens is 285 g/mol. The zero-order valence-electron chi connectivity index (χ0n) is 11.5. The number of hydrogen-bond acceptors (Lipinski definition) is 3. The van der Waals surface area contributed by atoms with Gasteiger partial charge in [0.1, 0.15) is 6.04 Å². The Bertz CT molecular complexity index is 519. The minimum Gasteiger partial charge on any atom is -0.480 e. The smallest absolute Gasteiger partial charge is 0.416 e. The topological polar surface area (TPSA) is 52.6 Å². The number of carboxylic acid groups (broad SMARTS) is 1. The molecule has 1 aliphatic rings. The molecule has 2 N–H and O–H groups in total. The van der Waals surface area contributed by atoms with Gasteiger partial charge < -0.3 is 10.4 Å². The van der Waals surface area contributed by atoms with Crippen LogP contribution >= 0.6 is 0 Å². The predicted molar refractivity (Wildman–Crippen MR) is 70.9 cm³/mol. The largest absolute Gasteiger partial charge is 0.480 e. The van der Waals surface area contributed by atoms with Crippen molar-refractivity contribution in [2.24, 2.45) is 0 Å². The molecule has 0 aliphatic carbocycles. The number of hydrogen-bond donors (Lipinski definition) is 2. The third-order valence-corrected chi connectivity index (χ3v) is 3.76. The van der Waals surface area contributed by atoms with Crippen LogP contribution in [0.5, 0.6) is 0 Å². The molecule has 0 spiro atoms. The lowest BCUT2D eigenvalue weighted by Gasteiger charge is -2.38. The molecule has 0 bridgehead atoms. The van der Waals surface area contributed by atoms with Gasteiger partial charge in [-0.3, -0.25) is 9.69 Å². The van der Waals surface area contributed by atoms with Gasteiger partial charge in [-0.1, -0.05) is 12.1 Å². The van der Waals surface area contributed by atoms with Gasteiger partial charge in [0.05, 0.1) is 5.56 Å². The Kier molecular flexibility index (Phi) is 4.53. The Labute approximate surface area is 120 Å². The Morgan fingerprint density at radius 1 is 1.48 bits per heavy atom. The van der Waals surface area contributed by atoms with E-state index in [2.05, 4.69) is 5.32 Å². The van der Waals surface area contributed by atoms with Crippen LogP contribution in [0.3, 0.4) is 0 Å². The van der Waals surface area contributed by atoms with Crippen LogP contribution in [0.1, 0.15) is 24.1 Å². The minimum atomic E-state index is -4.40. The van der Waals surface area contributed by atoms with Crippen molar-refractivity contribution in [3.05, 3.63) is 35.4 Å². The molecule has 2 unspecified atom stereocenters. The highest BCUT2D eigenvalue weighted by molar-refractivity contribution is 5.74. The molecule has 116 valence electrons. The molecule has 0 aromatic heterocycles. The number of rotatable bonds is 3. The number of halogens is 3. The van der Waals surface area contributed by atoms with E-state index in [9.17, 15) is 23.1 Å². The number of alkyl halides is 3. The highest BCUT2D eigenvalue weighted by Gasteiger charge is 2.34. The molecule has 2 rings (SSSR count). The average Bonchev–Trinajstić information content (AvgIpc) is 2.45. The van der Waals surface area contributed by atoms with Crippen molar-refractivity contribution < 1.29 is 23.1 Å². The van der Waals surface area contributed by atoms with Crippen molar-refractivity contribution in [2.75, 3.05) is 19.6 Å². The lowest BCUT2D eigenvalue weighted by Crippen LogP contribution is -2.55. The van der Waals surface area contributed by atoms with Gasteiger partial charge in [0, 0.05) is 25.7 Å². The molecule has 7 heteroatoms. The second kappa shape index (κ2) is 6.03. The molecule has 0 saturated carbocycles. The average molecular weight is 302 g/mol. The van der Waals surface area contributed by atoms with Crippen LogP contribution < -0.4 is 5.32 Å². The molecule has 1 saturated heterocycles. The van der Waals surface area contributed by atoms with Gasteiger partial charge in [-0.2, -0.15) is 13.2 Å². The maximum Gasteiger partial charge on any atom is 0.416 e. The summed E-state index contributed by atoms with van der Waals surface area (Å²) in [6.07, 6.45) is -4.40. The molecule has 2 atom stereocenters. The van der Waals surface area contributed by atoms with E-state index >= 15 is 0 Å². The summed E-state index contributed by atoms with van der Waals surface area (Å²) in [5, 5.41) is 12.2. The molecule has 1 aliphatic heterocycles. The SMILES string of the molecule is CC(c1cccc(C(F)(F)F)c1)N1CCNCC1C(=O)O. The monoisotopic (exact) mass is 302 g/mol. The van der Waals surface area contributed by atoms with Crippen LogP contribution in [0.25, 0.3) is 0 Å². The van der Waals surface area contributed by atoms with Crippen LogP contribution in [0.2, 0.25) is 0 Å². The van der Waals surface area contributed by atoms with Gasteiger partial charge in [0.15, 0.2) is 0 Å². The van der Waals surface area contributed by atoms with Crippen molar-refractivity contribution in [3.8, 4) is 0 Å². The van der Waals surface area contributed by atoms with Gasteiger partial charge in [0.25, 0.3) is 0 Å². The normalized spacial score (nSPS) is 22.0. The molecular formula is C14H17F3N2O2. The highest BCUT2D eigenvalue weighted by atomic mass is 19.4. The van der Waals surface area contributed by atoms with Gasteiger partial charge in [-0.25, -0.2) is 0 Å². The van der Waals surface area contributed by atoms with E-state index in [1.807, 2.05) is 0 Å². The van der Waals surface area contributed by atoms with Crippen LogP contribution in [-0.2, 0) is 11.0 Å². The Morgan fingerprint density at radius 3 is 2.81 bits per heavy atom. The van der Waals surface area contributed by atoms with Crippen molar-refractivity contribution in [2.45, 2.75) is 25.2 Å². The molecule has 21 heavy (non-hydrogen) atoms. The molecule has 4 nitrogen and oxygen atoms in total. The Morgan fingerprint density at radius 2 is 2.19 bits per heavy atom. The van der Waals surface area contributed by atoms with Crippen LogP contribution in [-0.4, -0.2) is 41.7 Å². The second-order valence-electron chi connectivity index (χ2n) is 5.10. The first kappa shape index (κ1) is 15.8. The van der Waals surface area contributed by atoms with Crippen LogP contribution in [0.4, 0.5) is 13.2 Å². The first-order valence-electron chi connectivity index (χ1n) is 6.67. The highest BCUT2D eigenvalue weighted by Crippen LogP contribution is 2.32. The minimum absolute atomic E-state index is 0.290. The van der Waals surface area contributed by atoms with Gasteiger partial charge >= 0.3 is 12.1 Å². The van der Waals surface area contributed by atoms with E-state index < -0.39 is 29.8 Å². The first-order chi connectivity index (χ1) is 9.80. The van der Waals surface area contributed by atoms with E-state index in [4.69, 9.17) is 0 Å². The third-order valence-electron chi connectivity index (χ3n) is 3.76. The summed E-state index contributed by atoms with van der Waals surface area (Å²) >= 11 is 0. The lowest BCUT2D eigenvalue weighted by atomic mass is 10.0. The van der Waals surface area contributed by atoms with Crippen molar-refractivity contribution in [1.29, 1.82) is 0 Å². The van der Waals surface area contributed by atoms with E-state index in [0.29, 0.717) is 25.2 Å². The van der Waals surface area contributed by atoms with E-state index in [-0.39, 0.29) is 0 Å². The summed E-state index contributed by atoms with van der Waals surface area (Å²) in [6.45, 7) is 3.12. The number of carbonyl (C=O) groups is 1. The molecule has 0 amide bonds. The number of aliphatic carboxylic acids is 1. The van der Waals surface area contributed by atoms with E-state index in [1.54, 1.807) is 17.9 Å². The molecule has 0 radical (unpaired) electrons. The van der Waals surface area contributed by atoms with Gasteiger partial charge in [-0.05, 0) is 24.6 Å². The van der Waals surface area contributed by atoms with Crippen LogP contribution in [0.15, 0.2) is 24.3 Å². The van der Waals surface area contributed by atoms with Crippen molar-refractivity contribution in [1.82, 2.24) is 10.2 Å². The standard InChI is InChI=1S/C14H17F3N2O2/c1-9(19-6-5-18-8-12(19)13(20)21)10-3-2-4-11(7-10)14(15,16)17/h2-4,7,9,12,18H,5-6,8H2,1H3,(H,20,21). The summed E-state index contributed by atoms with van der Waals surface area (Å²) in [4.78, 5) is 13.0. The van der Waals surface area contributed by atoms with Crippen molar-refractivity contribution in [3.63, 3.8) is 0 Å². The summed E-state index contributed by atoms with van der Waals surface area (Å²) in [6, 6.07) is 3.93. The van der Waals surface area contributed by atoms with Gasteiger partial charge in [-0.15, -0.1) is 0 Å². The fourth-order valence-corrected chi connectivity index (χ4v) is 2.58. The third kappa shape index (κ3) is 3.54. The lowest BCUT2D eigenvalue weighted by molar-refractivity contribution is -0.145. The number of nitrogens with one attached hydrogen (secondary N) is 1. The Balaban J connectivity index is 2.26. The number of carboxylic acids is 1. The van der Waals surface area contributed by atoms with E-state index in [1.165, 1.54) is 6.07 Å². The summed E-state index contributed by atoms with van der Waals surface area (Å²) in [5.74, 6) is -0.971. The second-order valence-corrected chi connectivity index (χ2v) is 5.10. The summed E-state index contributed by atoms with van der Waals surface area (Å²) in [7, 11) is 0. The maximum atomic E-state index is 12.8. The Hall–Kier alpha value is -1.60. The predicted octanol–water partition coefficient (Wildman–Crippen LogP) is 2.12. The summed E-state index contributed by atoms with van der Waals surface area (Å²) in [5.41, 5.74) is -0.244. The zero-order chi connectivity index (χ0) is 15.6. The zero-order valence-corrected chi connectivity index (χ0v) is 11.5. The van der Waals surface area contributed by atoms with Crippen molar-refractivity contribution >= 4 is 5.97 Å². The molecule has 1 aromatic carbocycles. The van der Waals surface area contributed by atoms with E-state index in [0.717, 1.165) is 12.1 Å².